The summed E-state index contributed by atoms with van der Waals surface area (Å²) < 4.78 is 16.7. The highest BCUT2D eigenvalue weighted by Gasteiger charge is 2.52. The van der Waals surface area contributed by atoms with Crippen molar-refractivity contribution in [1.82, 2.24) is 0 Å². The lowest BCUT2D eigenvalue weighted by Crippen LogP contribution is -2.51. The van der Waals surface area contributed by atoms with Crippen molar-refractivity contribution in [3.8, 4) is 6.07 Å². The topological polar surface area (TPSA) is 88.8 Å². The zero-order chi connectivity index (χ0) is 15.3. The summed E-state index contributed by atoms with van der Waals surface area (Å²) in [5.74, 6) is -0.251. The van der Waals surface area contributed by atoms with Crippen LogP contribution in [-0.2, 0) is 19.0 Å². The van der Waals surface area contributed by atoms with E-state index in [0.717, 1.165) is 12.8 Å². The molecule has 0 spiro atoms. The van der Waals surface area contributed by atoms with Crippen molar-refractivity contribution >= 4 is 5.97 Å². The molecule has 0 bridgehead atoms. The lowest BCUT2D eigenvalue weighted by atomic mass is 9.86. The van der Waals surface area contributed by atoms with E-state index in [-0.39, 0.29) is 30.9 Å². The van der Waals surface area contributed by atoms with Gasteiger partial charge in [0.2, 0.25) is 0 Å². The van der Waals surface area contributed by atoms with Gasteiger partial charge in [-0.05, 0) is 25.7 Å². The molecule has 2 aliphatic heterocycles. The first kappa shape index (κ1) is 16.2. The largest absolute Gasteiger partial charge is 0.469 e. The number of aliphatic hydroxyl groups is 1. The maximum Gasteiger partial charge on any atom is 0.305 e. The van der Waals surface area contributed by atoms with E-state index >= 15 is 0 Å². The first-order chi connectivity index (χ1) is 10.1. The third-order valence-corrected chi connectivity index (χ3v) is 4.41. The van der Waals surface area contributed by atoms with Crippen LogP contribution in [0.1, 0.15) is 44.9 Å². The summed E-state index contributed by atoms with van der Waals surface area (Å²) in [5, 5.41) is 18.4. The summed E-state index contributed by atoms with van der Waals surface area (Å²) in [4.78, 5) is 11.2. The van der Waals surface area contributed by atoms with Gasteiger partial charge in [-0.15, -0.1) is 0 Å². The van der Waals surface area contributed by atoms with Crippen LogP contribution in [0.4, 0.5) is 0 Å². The second-order valence-electron chi connectivity index (χ2n) is 5.80. The van der Waals surface area contributed by atoms with E-state index in [2.05, 4.69) is 10.8 Å². The second kappa shape index (κ2) is 7.21. The Balaban J connectivity index is 1.92. The van der Waals surface area contributed by atoms with E-state index in [9.17, 15) is 9.90 Å². The monoisotopic (exact) mass is 297 g/mol. The summed E-state index contributed by atoms with van der Waals surface area (Å²) in [6.07, 6.45) is 4.11. The van der Waals surface area contributed by atoms with E-state index in [1.54, 1.807) is 0 Å². The molecule has 0 saturated carbocycles. The van der Waals surface area contributed by atoms with Gasteiger partial charge in [0.05, 0.1) is 38.1 Å². The van der Waals surface area contributed by atoms with Gasteiger partial charge in [-0.25, -0.2) is 0 Å². The molecule has 6 heteroatoms. The Kier molecular flexibility index (Phi) is 5.57. The fourth-order valence-corrected chi connectivity index (χ4v) is 3.29. The van der Waals surface area contributed by atoms with E-state index in [4.69, 9.17) is 14.7 Å². The molecule has 0 aliphatic carbocycles. The minimum absolute atomic E-state index is 0.0102. The lowest BCUT2D eigenvalue weighted by molar-refractivity contribution is -0.183. The van der Waals surface area contributed by atoms with Gasteiger partial charge in [0.25, 0.3) is 0 Å². The number of hydrogen-bond acceptors (Lipinski definition) is 6. The Morgan fingerprint density at radius 1 is 1.43 bits per heavy atom. The summed E-state index contributed by atoms with van der Waals surface area (Å²) >= 11 is 0. The molecule has 2 heterocycles. The lowest BCUT2D eigenvalue weighted by Gasteiger charge is -2.40. The highest BCUT2D eigenvalue weighted by molar-refractivity contribution is 5.69. The molecule has 0 aromatic heterocycles. The highest BCUT2D eigenvalue weighted by Crippen LogP contribution is 2.43. The Hall–Kier alpha value is -1.16. The number of ether oxygens (including phenoxy) is 3. The van der Waals surface area contributed by atoms with E-state index < -0.39 is 5.60 Å². The quantitative estimate of drug-likeness (QED) is 0.744. The number of methoxy groups -OCH3 is 1. The number of carbonyl (C=O) groups excluding carboxylic acids is 1. The Bertz CT molecular complexity index is 407. The molecule has 2 fully saturated rings. The predicted molar refractivity (Wildman–Crippen MR) is 73.3 cm³/mol. The minimum Gasteiger partial charge on any atom is -0.469 e. The van der Waals surface area contributed by atoms with E-state index in [1.807, 2.05) is 0 Å². The van der Waals surface area contributed by atoms with Gasteiger partial charge in [0, 0.05) is 19.3 Å². The minimum atomic E-state index is -0.668. The van der Waals surface area contributed by atoms with Crippen LogP contribution >= 0.6 is 0 Å². The van der Waals surface area contributed by atoms with Crippen molar-refractivity contribution in [3.05, 3.63) is 0 Å². The number of carbonyl (C=O) groups is 1. The SMILES string of the molecule is COC(=O)CC[C@H]1CC2(CO)O[C@@H](CCC#N)CCC2O1. The van der Waals surface area contributed by atoms with Gasteiger partial charge >= 0.3 is 5.97 Å². The zero-order valence-corrected chi connectivity index (χ0v) is 12.4. The molecule has 1 N–H and O–H groups in total. The summed E-state index contributed by atoms with van der Waals surface area (Å²) in [7, 11) is 1.37. The summed E-state index contributed by atoms with van der Waals surface area (Å²) in [6.45, 7) is -0.0879. The normalized spacial score (nSPS) is 35.0. The van der Waals surface area contributed by atoms with Gasteiger partial charge in [-0.3, -0.25) is 4.79 Å². The van der Waals surface area contributed by atoms with Crippen LogP contribution in [0.2, 0.25) is 0 Å². The molecule has 2 aliphatic rings. The van der Waals surface area contributed by atoms with Crippen LogP contribution < -0.4 is 0 Å². The third-order valence-electron chi connectivity index (χ3n) is 4.41. The fraction of sp³-hybridized carbons (Fsp3) is 0.867. The smallest absolute Gasteiger partial charge is 0.305 e. The van der Waals surface area contributed by atoms with Crippen molar-refractivity contribution in [1.29, 1.82) is 5.26 Å². The van der Waals surface area contributed by atoms with Crippen LogP contribution in [0.3, 0.4) is 0 Å². The van der Waals surface area contributed by atoms with E-state index in [0.29, 0.717) is 32.1 Å². The maximum absolute atomic E-state index is 11.2. The van der Waals surface area contributed by atoms with Gasteiger partial charge in [0.1, 0.15) is 5.60 Å². The third kappa shape index (κ3) is 3.73. The molecule has 0 aromatic rings. The predicted octanol–water partition coefficient (Wildman–Crippen LogP) is 1.31. The number of nitriles is 1. The van der Waals surface area contributed by atoms with Crippen molar-refractivity contribution in [2.75, 3.05) is 13.7 Å². The molecular weight excluding hydrogens is 274 g/mol. The van der Waals surface area contributed by atoms with E-state index in [1.165, 1.54) is 7.11 Å². The number of esters is 1. The maximum atomic E-state index is 11.2. The number of rotatable bonds is 6. The van der Waals surface area contributed by atoms with Crippen molar-refractivity contribution in [2.24, 2.45) is 0 Å². The molecule has 2 unspecified atom stereocenters. The number of aliphatic hydroxyl groups excluding tert-OH is 1. The zero-order valence-electron chi connectivity index (χ0n) is 12.4. The molecule has 6 nitrogen and oxygen atoms in total. The van der Waals surface area contributed by atoms with Crippen LogP contribution in [0.25, 0.3) is 0 Å². The van der Waals surface area contributed by atoms with Crippen molar-refractivity contribution < 1.29 is 24.1 Å². The molecule has 0 amide bonds. The molecular formula is C15H23NO5. The van der Waals surface area contributed by atoms with Gasteiger partial charge in [-0.1, -0.05) is 0 Å². The number of fused-ring (bicyclic) bond motifs is 1. The number of nitrogens with zero attached hydrogens (tertiary/aromatic N) is 1. The molecule has 0 radical (unpaired) electrons. The Labute approximate surface area is 125 Å². The molecule has 21 heavy (non-hydrogen) atoms. The second-order valence-corrected chi connectivity index (χ2v) is 5.80. The molecule has 0 aromatic carbocycles. The highest BCUT2D eigenvalue weighted by atomic mass is 16.6. The first-order valence-electron chi connectivity index (χ1n) is 7.51. The number of hydrogen-bond donors (Lipinski definition) is 1. The standard InChI is InChI=1S/C15H23NO5/c1-19-14(18)7-5-12-9-15(10-17)13(20-12)6-4-11(21-15)3-2-8-16/h11-13,17H,2-7,9-10H2,1H3/t11-,12-,13?,15?/m0/s1. The average molecular weight is 297 g/mol. The van der Waals surface area contributed by atoms with Crippen LogP contribution in [-0.4, -0.2) is 48.7 Å². The fourth-order valence-electron chi connectivity index (χ4n) is 3.29. The van der Waals surface area contributed by atoms with Crippen molar-refractivity contribution in [2.45, 2.75) is 68.9 Å². The average Bonchev–Trinajstić information content (AvgIpc) is 2.88. The van der Waals surface area contributed by atoms with Crippen LogP contribution in [0, 0.1) is 11.3 Å². The van der Waals surface area contributed by atoms with Crippen molar-refractivity contribution in [3.63, 3.8) is 0 Å². The molecule has 4 atom stereocenters. The van der Waals surface area contributed by atoms with Gasteiger partial charge < -0.3 is 19.3 Å². The molecule has 2 rings (SSSR count). The molecule has 118 valence electrons. The summed E-state index contributed by atoms with van der Waals surface area (Å²) in [6, 6.07) is 2.13. The van der Waals surface area contributed by atoms with Gasteiger partial charge in [-0.2, -0.15) is 5.26 Å². The van der Waals surface area contributed by atoms with Crippen LogP contribution in [0.5, 0.6) is 0 Å². The Morgan fingerprint density at radius 3 is 2.90 bits per heavy atom. The molecule has 2 saturated heterocycles. The van der Waals surface area contributed by atoms with Crippen LogP contribution in [0.15, 0.2) is 0 Å². The first-order valence-corrected chi connectivity index (χ1v) is 7.51. The Morgan fingerprint density at radius 2 is 2.24 bits per heavy atom. The van der Waals surface area contributed by atoms with Gasteiger partial charge in [0.15, 0.2) is 0 Å². The summed E-state index contributed by atoms with van der Waals surface area (Å²) in [5.41, 5.74) is -0.668.